The number of esters is 1. The van der Waals surface area contributed by atoms with Gasteiger partial charge in [-0.1, -0.05) is 13.3 Å². The first-order chi connectivity index (χ1) is 10.5. The number of ether oxygens (including phenoxy) is 3. The van der Waals surface area contributed by atoms with Crippen molar-refractivity contribution in [3.63, 3.8) is 0 Å². The lowest BCUT2D eigenvalue weighted by molar-refractivity contribution is -0.160. The minimum Gasteiger partial charge on any atom is -0.458 e. The standard InChI is InChI=1S/C15H30O7S/c1-6-8-13(11-21-23(5,17)18)20-10-7-9-19-12-14(16)22-15(2,3)4/h13H,6-12H2,1-5H3. The van der Waals surface area contributed by atoms with Crippen molar-refractivity contribution >= 4 is 16.1 Å². The molecule has 0 aromatic carbocycles. The van der Waals surface area contributed by atoms with E-state index in [1.54, 1.807) is 20.8 Å². The van der Waals surface area contributed by atoms with E-state index >= 15 is 0 Å². The van der Waals surface area contributed by atoms with Gasteiger partial charge in [0.2, 0.25) is 0 Å². The van der Waals surface area contributed by atoms with Crippen LogP contribution >= 0.6 is 0 Å². The summed E-state index contributed by atoms with van der Waals surface area (Å²) in [6.45, 7) is 8.08. The Labute approximate surface area is 139 Å². The molecule has 0 fully saturated rings. The van der Waals surface area contributed by atoms with Gasteiger partial charge < -0.3 is 14.2 Å². The lowest BCUT2D eigenvalue weighted by atomic mass is 10.2. The molecule has 0 radical (unpaired) electrons. The van der Waals surface area contributed by atoms with Gasteiger partial charge in [-0.15, -0.1) is 0 Å². The lowest BCUT2D eigenvalue weighted by Crippen LogP contribution is -2.27. The van der Waals surface area contributed by atoms with Gasteiger partial charge >= 0.3 is 5.97 Å². The Balaban J connectivity index is 3.80. The molecule has 0 amide bonds. The van der Waals surface area contributed by atoms with Crippen LogP contribution in [0.15, 0.2) is 0 Å². The van der Waals surface area contributed by atoms with Crippen LogP contribution in [0.4, 0.5) is 0 Å². The molecule has 138 valence electrons. The quantitative estimate of drug-likeness (QED) is 0.300. The van der Waals surface area contributed by atoms with Crippen LogP contribution < -0.4 is 0 Å². The van der Waals surface area contributed by atoms with Crippen molar-refractivity contribution in [2.24, 2.45) is 0 Å². The second kappa shape index (κ2) is 11.0. The van der Waals surface area contributed by atoms with E-state index in [1.807, 2.05) is 6.92 Å². The SMILES string of the molecule is CCCC(COS(C)(=O)=O)OCCCOCC(=O)OC(C)(C)C. The summed E-state index contributed by atoms with van der Waals surface area (Å²) in [5.41, 5.74) is -0.517. The fraction of sp³-hybridized carbons (Fsp3) is 0.933. The number of hydrogen-bond donors (Lipinski definition) is 0. The first kappa shape index (κ1) is 22.3. The molecule has 0 rings (SSSR count). The smallest absolute Gasteiger partial charge is 0.332 e. The molecule has 0 aromatic rings. The van der Waals surface area contributed by atoms with Crippen LogP contribution in [0.5, 0.6) is 0 Å². The summed E-state index contributed by atoms with van der Waals surface area (Å²) in [5.74, 6) is -0.399. The van der Waals surface area contributed by atoms with Gasteiger partial charge in [0.15, 0.2) is 0 Å². The lowest BCUT2D eigenvalue weighted by Gasteiger charge is -2.19. The van der Waals surface area contributed by atoms with E-state index in [-0.39, 0.29) is 19.3 Å². The zero-order valence-electron chi connectivity index (χ0n) is 14.8. The number of carbonyl (C=O) groups excluding carboxylic acids is 1. The van der Waals surface area contributed by atoms with Crippen LogP contribution in [-0.4, -0.2) is 58.8 Å². The second-order valence-corrected chi connectivity index (χ2v) is 7.91. The van der Waals surface area contributed by atoms with Gasteiger partial charge in [-0.25, -0.2) is 4.79 Å². The normalized spacial score (nSPS) is 13.8. The zero-order chi connectivity index (χ0) is 17.9. The van der Waals surface area contributed by atoms with E-state index in [4.69, 9.17) is 18.4 Å². The van der Waals surface area contributed by atoms with Crippen molar-refractivity contribution in [2.45, 2.75) is 58.7 Å². The highest BCUT2D eigenvalue weighted by atomic mass is 32.2. The molecule has 0 N–H and O–H groups in total. The van der Waals surface area contributed by atoms with Crippen LogP contribution in [0.25, 0.3) is 0 Å². The average Bonchev–Trinajstić information content (AvgIpc) is 2.36. The second-order valence-electron chi connectivity index (χ2n) is 6.26. The molecule has 0 saturated heterocycles. The average molecular weight is 354 g/mol. The summed E-state index contributed by atoms with van der Waals surface area (Å²) in [6, 6.07) is 0. The van der Waals surface area contributed by atoms with Crippen molar-refractivity contribution < 1.29 is 31.6 Å². The fourth-order valence-electron chi connectivity index (χ4n) is 1.67. The molecular weight excluding hydrogens is 324 g/mol. The van der Waals surface area contributed by atoms with Crippen LogP contribution in [0.1, 0.15) is 47.0 Å². The maximum Gasteiger partial charge on any atom is 0.332 e. The summed E-state index contributed by atoms with van der Waals surface area (Å²) in [6.07, 6.45) is 2.93. The Morgan fingerprint density at radius 1 is 1.17 bits per heavy atom. The molecule has 0 aliphatic carbocycles. The molecule has 0 saturated carbocycles. The largest absolute Gasteiger partial charge is 0.458 e. The maximum absolute atomic E-state index is 11.4. The summed E-state index contributed by atoms with van der Waals surface area (Å²) in [4.78, 5) is 11.4. The van der Waals surface area contributed by atoms with Gasteiger partial charge in [-0.3, -0.25) is 4.18 Å². The van der Waals surface area contributed by atoms with Crippen molar-refractivity contribution in [3.05, 3.63) is 0 Å². The van der Waals surface area contributed by atoms with E-state index in [0.29, 0.717) is 26.1 Å². The molecule has 8 heteroatoms. The zero-order valence-corrected chi connectivity index (χ0v) is 15.6. The highest BCUT2D eigenvalue weighted by Gasteiger charge is 2.16. The molecule has 0 aliphatic heterocycles. The van der Waals surface area contributed by atoms with E-state index in [0.717, 1.165) is 12.7 Å². The highest BCUT2D eigenvalue weighted by molar-refractivity contribution is 7.85. The van der Waals surface area contributed by atoms with Crippen molar-refractivity contribution in [1.29, 1.82) is 0 Å². The molecule has 23 heavy (non-hydrogen) atoms. The Bertz CT molecular complexity index is 426. The van der Waals surface area contributed by atoms with Crippen LogP contribution in [-0.2, 0) is 33.3 Å². The summed E-state index contributed by atoms with van der Waals surface area (Å²) < 4.78 is 42.6. The van der Waals surface area contributed by atoms with E-state index in [2.05, 4.69) is 0 Å². The van der Waals surface area contributed by atoms with Gasteiger partial charge in [0, 0.05) is 13.2 Å². The topological polar surface area (TPSA) is 88.1 Å². The molecule has 0 aromatic heterocycles. The minimum absolute atomic E-state index is 0.0193. The molecule has 0 spiro atoms. The minimum atomic E-state index is -3.46. The third-order valence-corrected chi connectivity index (χ3v) is 3.07. The third kappa shape index (κ3) is 16.0. The summed E-state index contributed by atoms with van der Waals surface area (Å²) >= 11 is 0. The van der Waals surface area contributed by atoms with Crippen LogP contribution in [0, 0.1) is 0 Å². The van der Waals surface area contributed by atoms with E-state index < -0.39 is 21.7 Å². The first-order valence-corrected chi connectivity index (χ1v) is 9.60. The predicted octanol–water partition coefficient (Wildman–Crippen LogP) is 1.90. The van der Waals surface area contributed by atoms with Crippen LogP contribution in [0.2, 0.25) is 0 Å². The monoisotopic (exact) mass is 354 g/mol. The van der Waals surface area contributed by atoms with Crippen LogP contribution in [0.3, 0.4) is 0 Å². The highest BCUT2D eigenvalue weighted by Crippen LogP contribution is 2.07. The van der Waals surface area contributed by atoms with Gasteiger partial charge in [0.1, 0.15) is 12.2 Å². The Morgan fingerprint density at radius 3 is 2.35 bits per heavy atom. The number of hydrogen-bond acceptors (Lipinski definition) is 7. The van der Waals surface area contributed by atoms with Gasteiger partial charge in [-0.05, 0) is 33.6 Å². The molecule has 0 heterocycles. The Hall–Kier alpha value is -0.700. The molecule has 0 bridgehead atoms. The van der Waals surface area contributed by atoms with Gasteiger partial charge in [0.05, 0.1) is 19.0 Å². The third-order valence-electron chi connectivity index (χ3n) is 2.51. The van der Waals surface area contributed by atoms with E-state index in [1.165, 1.54) is 0 Å². The Morgan fingerprint density at radius 2 is 1.83 bits per heavy atom. The molecule has 7 nitrogen and oxygen atoms in total. The molecule has 0 aliphatic rings. The Kier molecular flexibility index (Phi) is 10.6. The number of carbonyl (C=O) groups is 1. The van der Waals surface area contributed by atoms with Crippen molar-refractivity contribution in [1.82, 2.24) is 0 Å². The summed E-state index contributed by atoms with van der Waals surface area (Å²) in [5, 5.41) is 0. The molecule has 1 unspecified atom stereocenters. The van der Waals surface area contributed by atoms with Crippen molar-refractivity contribution in [3.8, 4) is 0 Å². The van der Waals surface area contributed by atoms with Gasteiger partial charge in [-0.2, -0.15) is 8.42 Å². The van der Waals surface area contributed by atoms with Gasteiger partial charge in [0.25, 0.3) is 10.1 Å². The predicted molar refractivity (Wildman–Crippen MR) is 86.7 cm³/mol. The fourth-order valence-corrected chi connectivity index (χ4v) is 2.07. The maximum atomic E-state index is 11.4. The van der Waals surface area contributed by atoms with E-state index in [9.17, 15) is 13.2 Å². The molecular formula is C15H30O7S. The van der Waals surface area contributed by atoms with Crippen molar-refractivity contribution in [2.75, 3.05) is 32.7 Å². The summed E-state index contributed by atoms with van der Waals surface area (Å²) in [7, 11) is -3.46. The molecule has 1 atom stereocenters. The first-order valence-electron chi connectivity index (χ1n) is 7.79. The number of rotatable bonds is 12.